The van der Waals surface area contributed by atoms with E-state index < -0.39 is 0 Å². The number of hydrogen-bond donors (Lipinski definition) is 3. The Morgan fingerprint density at radius 2 is 1.17 bits per heavy atom. The monoisotopic (exact) mass is 91.1 g/mol. The van der Waals surface area contributed by atoms with Crippen LogP contribution in [-0.4, -0.2) is 10.4 Å². The molecule has 0 spiro atoms. The Morgan fingerprint density at radius 1 is 1.00 bits per heavy atom. The van der Waals surface area contributed by atoms with E-state index in [0.717, 1.165) is 5.64 Å². The van der Waals surface area contributed by atoms with Crippen molar-refractivity contribution in [2.75, 3.05) is 0 Å². The van der Waals surface area contributed by atoms with Gasteiger partial charge in [0.2, 0.25) is 0 Å². The van der Waals surface area contributed by atoms with Crippen molar-refractivity contribution in [1.82, 2.24) is 5.64 Å². The largest absolute Gasteiger partial charge is 0.292 e. The Labute approximate surface area is 36.5 Å². The molecular formula is C3H9NO2. The predicted molar refractivity (Wildman–Crippen MR) is 20.6 cm³/mol. The minimum atomic E-state index is 0.750. The molecule has 0 atom stereocenters. The summed E-state index contributed by atoms with van der Waals surface area (Å²) in [5, 5.41) is 13.8. The molecular weight excluding hydrogens is 82.0 g/mol. The van der Waals surface area contributed by atoms with Gasteiger partial charge in [0.05, 0.1) is 0 Å². The summed E-state index contributed by atoms with van der Waals surface area (Å²) < 4.78 is 0. The quantitative estimate of drug-likeness (QED) is 0.381. The fraction of sp³-hybridized carbons (Fsp3) is 1.00. The lowest BCUT2D eigenvalue weighted by Gasteiger charge is -1.61. The maximum Gasteiger partial charge on any atom is -0.0533 e. The Balaban J connectivity index is 0.0000000833. The molecule has 0 unspecified atom stereocenters. The fourth-order valence-corrected chi connectivity index (χ4v) is 0. The van der Waals surface area contributed by atoms with Crippen LogP contribution in [0.3, 0.4) is 0 Å². The van der Waals surface area contributed by atoms with Crippen LogP contribution in [0.4, 0.5) is 0 Å². The Bertz CT molecular complexity index is 20.0. The molecule has 0 aromatic heterocycles. The van der Waals surface area contributed by atoms with Crippen LogP contribution in [0.25, 0.3) is 0 Å². The van der Waals surface area contributed by atoms with Gasteiger partial charge >= 0.3 is 0 Å². The molecule has 0 aliphatic heterocycles. The summed E-state index contributed by atoms with van der Waals surface area (Å²) in [6.45, 7) is 0. The zero-order valence-electron chi connectivity index (χ0n) is 3.52. The van der Waals surface area contributed by atoms with Gasteiger partial charge in [-0.05, 0) is 0 Å². The van der Waals surface area contributed by atoms with Gasteiger partial charge in [0.1, 0.15) is 0 Å². The normalized spacial score (nSPS) is 15.0. The van der Waals surface area contributed by atoms with E-state index in [1.54, 1.807) is 0 Å². The van der Waals surface area contributed by atoms with E-state index in [2.05, 4.69) is 0 Å². The number of hydrogen-bond acceptors (Lipinski definition) is 3. The molecule has 3 heteroatoms. The Kier molecular flexibility index (Phi) is 4.78. The second-order valence-corrected chi connectivity index (χ2v) is 1.16. The van der Waals surface area contributed by atoms with Gasteiger partial charge in [-0.3, -0.25) is 10.4 Å². The SMILES string of the molecule is C1CC1.ONO. The van der Waals surface area contributed by atoms with Gasteiger partial charge in [0.25, 0.3) is 0 Å². The third-order valence-electron chi connectivity index (χ3n) is 0.354. The van der Waals surface area contributed by atoms with Crippen molar-refractivity contribution < 1.29 is 10.4 Å². The standard InChI is InChI=1S/C3H6.H3NO2/c1-2-3-1;2-1-3/h1-3H2;1-3H. The molecule has 0 aromatic rings. The molecule has 3 nitrogen and oxygen atoms in total. The molecule has 0 heterocycles. The Hall–Kier alpha value is -0.120. The molecule has 0 saturated heterocycles. The molecule has 38 valence electrons. The van der Waals surface area contributed by atoms with E-state index in [0.29, 0.717) is 0 Å². The highest BCUT2D eigenvalue weighted by molar-refractivity contribution is 4.50. The number of rotatable bonds is 0. The summed E-state index contributed by atoms with van der Waals surface area (Å²) in [4.78, 5) is 0. The van der Waals surface area contributed by atoms with Gasteiger partial charge in [-0.25, -0.2) is 0 Å². The van der Waals surface area contributed by atoms with Crippen molar-refractivity contribution in [3.63, 3.8) is 0 Å². The predicted octanol–water partition coefficient (Wildman–Crippen LogP) is 0.525. The molecule has 0 amide bonds. The van der Waals surface area contributed by atoms with Gasteiger partial charge in [-0.1, -0.05) is 24.9 Å². The summed E-state index contributed by atoms with van der Waals surface area (Å²) in [5.41, 5.74) is 0.750. The van der Waals surface area contributed by atoms with Crippen molar-refractivity contribution in [1.29, 1.82) is 0 Å². The summed E-state index contributed by atoms with van der Waals surface area (Å²) in [6, 6.07) is 0. The molecule has 0 bridgehead atoms. The Morgan fingerprint density at radius 3 is 1.17 bits per heavy atom. The van der Waals surface area contributed by atoms with E-state index in [9.17, 15) is 0 Å². The third kappa shape index (κ3) is 41.6. The lowest BCUT2D eigenvalue weighted by atomic mass is 11.0. The molecule has 0 aromatic carbocycles. The maximum atomic E-state index is 6.88. The van der Waals surface area contributed by atoms with Crippen LogP contribution < -0.4 is 5.64 Å². The van der Waals surface area contributed by atoms with Crippen LogP contribution in [0, 0.1) is 0 Å². The summed E-state index contributed by atoms with van der Waals surface area (Å²) in [5.74, 6) is 0. The molecule has 1 aliphatic carbocycles. The van der Waals surface area contributed by atoms with Crippen molar-refractivity contribution >= 4 is 0 Å². The van der Waals surface area contributed by atoms with Gasteiger partial charge in [0.15, 0.2) is 0 Å². The molecule has 1 aliphatic rings. The van der Waals surface area contributed by atoms with Crippen LogP contribution in [0.5, 0.6) is 0 Å². The van der Waals surface area contributed by atoms with Crippen LogP contribution >= 0.6 is 0 Å². The van der Waals surface area contributed by atoms with E-state index in [1.165, 1.54) is 19.3 Å². The second-order valence-electron chi connectivity index (χ2n) is 1.16. The van der Waals surface area contributed by atoms with Gasteiger partial charge < -0.3 is 0 Å². The van der Waals surface area contributed by atoms with Crippen LogP contribution in [0.2, 0.25) is 0 Å². The fourth-order valence-electron chi connectivity index (χ4n) is 0. The topological polar surface area (TPSA) is 52.5 Å². The molecule has 3 N–H and O–H groups in total. The van der Waals surface area contributed by atoms with Gasteiger partial charge in [-0.15, -0.1) is 0 Å². The lowest BCUT2D eigenvalue weighted by Crippen LogP contribution is -1.93. The first-order valence-electron chi connectivity index (χ1n) is 1.95. The van der Waals surface area contributed by atoms with Gasteiger partial charge in [0, 0.05) is 0 Å². The maximum absolute atomic E-state index is 6.88. The minimum Gasteiger partial charge on any atom is -0.292 e. The average Bonchev–Trinajstić information content (AvgIpc) is 2.11. The number of nitrogens with one attached hydrogen (secondary N) is 1. The van der Waals surface area contributed by atoms with E-state index in [4.69, 9.17) is 10.4 Å². The van der Waals surface area contributed by atoms with E-state index >= 15 is 0 Å². The first kappa shape index (κ1) is 5.88. The molecule has 0 radical (unpaired) electrons. The molecule has 1 fully saturated rings. The lowest BCUT2D eigenvalue weighted by molar-refractivity contribution is -0.0678. The van der Waals surface area contributed by atoms with E-state index in [1.807, 2.05) is 0 Å². The summed E-state index contributed by atoms with van der Waals surface area (Å²) in [7, 11) is 0. The summed E-state index contributed by atoms with van der Waals surface area (Å²) in [6.07, 6.45) is 4.50. The second kappa shape index (κ2) is 4.88. The first-order valence-corrected chi connectivity index (χ1v) is 1.95. The van der Waals surface area contributed by atoms with Crippen LogP contribution in [0.1, 0.15) is 19.3 Å². The van der Waals surface area contributed by atoms with Crippen LogP contribution in [-0.2, 0) is 0 Å². The zero-order chi connectivity index (χ0) is 4.83. The highest BCUT2D eigenvalue weighted by atomic mass is 16.7. The molecule has 6 heavy (non-hydrogen) atoms. The molecule has 1 saturated carbocycles. The highest BCUT2D eigenvalue weighted by Gasteiger charge is 1.95. The van der Waals surface area contributed by atoms with Crippen molar-refractivity contribution in [3.8, 4) is 0 Å². The van der Waals surface area contributed by atoms with E-state index in [-0.39, 0.29) is 0 Å². The zero-order valence-corrected chi connectivity index (χ0v) is 3.52. The smallest absolute Gasteiger partial charge is 0.0533 e. The summed E-state index contributed by atoms with van der Waals surface area (Å²) >= 11 is 0. The highest BCUT2D eigenvalue weighted by Crippen LogP contribution is 2.14. The van der Waals surface area contributed by atoms with Crippen molar-refractivity contribution in [2.45, 2.75) is 19.3 Å². The van der Waals surface area contributed by atoms with Crippen molar-refractivity contribution in [2.24, 2.45) is 0 Å². The molecule has 1 rings (SSSR count). The average molecular weight is 91.1 g/mol. The van der Waals surface area contributed by atoms with Crippen molar-refractivity contribution in [3.05, 3.63) is 0 Å². The minimum absolute atomic E-state index is 0.750. The van der Waals surface area contributed by atoms with Crippen LogP contribution in [0.15, 0.2) is 0 Å². The first-order chi connectivity index (χ1) is 2.91. The van der Waals surface area contributed by atoms with Gasteiger partial charge in [-0.2, -0.15) is 0 Å². The third-order valence-corrected chi connectivity index (χ3v) is 0.354.